The largest absolute Gasteiger partial charge is 0.486 e. The molecule has 0 radical (unpaired) electrons. The maximum Gasteiger partial charge on any atom is 0.123 e. The number of unbranched alkanes of at least 4 members (excludes halogenated alkanes) is 2. The van der Waals surface area contributed by atoms with E-state index in [-0.39, 0.29) is 5.60 Å². The molecule has 0 N–H and O–H groups in total. The van der Waals surface area contributed by atoms with E-state index in [2.05, 4.69) is 45.0 Å². The fraction of sp³-hybridized carbons (Fsp3) is 0.667. The normalized spacial score (nSPS) is 25.1. The predicted octanol–water partition coefficient (Wildman–Crippen LogP) is 5.69. The number of hydrogen-bond acceptors (Lipinski definition) is 1. The lowest BCUT2D eigenvalue weighted by Crippen LogP contribution is -2.37. The van der Waals surface area contributed by atoms with Crippen molar-refractivity contribution in [2.24, 2.45) is 0 Å². The summed E-state index contributed by atoms with van der Waals surface area (Å²) in [6.07, 6.45) is 8.68. The fourth-order valence-electron chi connectivity index (χ4n) is 3.70. The highest BCUT2D eigenvalue weighted by Gasteiger charge is 2.45. The smallest absolute Gasteiger partial charge is 0.123 e. The minimum atomic E-state index is 0.0718. The van der Waals surface area contributed by atoms with Crippen molar-refractivity contribution >= 4 is 0 Å². The van der Waals surface area contributed by atoms with Gasteiger partial charge in [0.15, 0.2) is 0 Å². The Labute approximate surface area is 118 Å². The van der Waals surface area contributed by atoms with Gasteiger partial charge < -0.3 is 4.74 Å². The Morgan fingerprint density at radius 2 is 1.79 bits per heavy atom. The maximum absolute atomic E-state index is 6.49. The highest BCUT2D eigenvalue weighted by Crippen LogP contribution is 2.50. The Kier molecular flexibility index (Phi) is 4.90. The third-order valence-electron chi connectivity index (χ3n) is 4.53. The van der Waals surface area contributed by atoms with Gasteiger partial charge in [0.05, 0.1) is 0 Å². The molecule has 1 unspecified atom stereocenters. The quantitative estimate of drug-likeness (QED) is 0.572. The summed E-state index contributed by atoms with van der Waals surface area (Å²) in [5, 5.41) is 0. The van der Waals surface area contributed by atoms with Crippen LogP contribution in [0.2, 0.25) is 0 Å². The molecule has 106 valence electrons. The van der Waals surface area contributed by atoms with Crippen molar-refractivity contribution in [2.75, 3.05) is 0 Å². The first kappa shape index (κ1) is 14.4. The average molecular weight is 260 g/mol. The first-order valence-electron chi connectivity index (χ1n) is 8.05. The van der Waals surface area contributed by atoms with Crippen LogP contribution in [0.3, 0.4) is 0 Å². The summed E-state index contributed by atoms with van der Waals surface area (Å²) >= 11 is 0. The third-order valence-corrected chi connectivity index (χ3v) is 4.53. The van der Waals surface area contributed by atoms with E-state index in [1.54, 1.807) is 0 Å². The minimum absolute atomic E-state index is 0.0718. The zero-order valence-corrected chi connectivity index (χ0v) is 12.7. The molecule has 1 aliphatic rings. The van der Waals surface area contributed by atoms with Crippen LogP contribution in [0.25, 0.3) is 0 Å². The van der Waals surface area contributed by atoms with Gasteiger partial charge >= 0.3 is 0 Å². The molecule has 0 saturated carbocycles. The average Bonchev–Trinajstić information content (AvgIpc) is 2.72. The highest BCUT2D eigenvalue weighted by molar-refractivity contribution is 5.43. The topological polar surface area (TPSA) is 9.23 Å². The first-order chi connectivity index (χ1) is 9.27. The molecule has 0 saturated heterocycles. The second-order valence-corrected chi connectivity index (χ2v) is 5.87. The molecule has 0 aromatic heterocycles. The molecule has 0 fully saturated rings. The molecule has 1 nitrogen and oxygen atoms in total. The maximum atomic E-state index is 6.49. The minimum Gasteiger partial charge on any atom is -0.486 e. The van der Waals surface area contributed by atoms with Crippen LogP contribution < -0.4 is 4.74 Å². The molecule has 1 aliphatic heterocycles. The van der Waals surface area contributed by atoms with E-state index in [0.29, 0.717) is 5.92 Å². The van der Waals surface area contributed by atoms with Gasteiger partial charge in [0, 0.05) is 11.5 Å². The molecule has 0 bridgehead atoms. The van der Waals surface area contributed by atoms with Crippen molar-refractivity contribution in [1.82, 2.24) is 0 Å². The summed E-state index contributed by atoms with van der Waals surface area (Å²) in [4.78, 5) is 0. The number of hydrogen-bond donors (Lipinski definition) is 0. The van der Waals surface area contributed by atoms with E-state index in [9.17, 15) is 0 Å². The third kappa shape index (κ3) is 2.80. The van der Waals surface area contributed by atoms with Gasteiger partial charge in [-0.15, -0.1) is 0 Å². The summed E-state index contributed by atoms with van der Waals surface area (Å²) in [6.45, 7) is 6.86. The van der Waals surface area contributed by atoms with E-state index in [1.807, 2.05) is 0 Å². The Hall–Kier alpha value is -0.980. The molecule has 2 rings (SSSR count). The molecule has 1 aromatic rings. The molecule has 1 heteroatoms. The van der Waals surface area contributed by atoms with Crippen LogP contribution in [0.1, 0.15) is 77.2 Å². The summed E-state index contributed by atoms with van der Waals surface area (Å²) < 4.78 is 6.49. The summed E-state index contributed by atoms with van der Waals surface area (Å²) in [6, 6.07) is 8.66. The SMILES string of the molecule is CCCCCC1(CCC)Oc2ccccc2[C@H]1CC. The molecule has 2 atom stereocenters. The number of fused-ring (bicyclic) bond motifs is 1. The van der Waals surface area contributed by atoms with E-state index < -0.39 is 0 Å². The van der Waals surface area contributed by atoms with Crippen LogP contribution in [0.4, 0.5) is 0 Å². The van der Waals surface area contributed by atoms with Crippen molar-refractivity contribution in [2.45, 2.75) is 77.2 Å². The van der Waals surface area contributed by atoms with Gasteiger partial charge in [-0.05, 0) is 31.7 Å². The second kappa shape index (κ2) is 6.45. The van der Waals surface area contributed by atoms with Gasteiger partial charge in [-0.2, -0.15) is 0 Å². The van der Waals surface area contributed by atoms with Gasteiger partial charge in [0.1, 0.15) is 11.4 Å². The lowest BCUT2D eigenvalue weighted by atomic mass is 9.76. The highest BCUT2D eigenvalue weighted by atomic mass is 16.5. The lowest BCUT2D eigenvalue weighted by Gasteiger charge is -2.34. The van der Waals surface area contributed by atoms with Gasteiger partial charge in [-0.1, -0.05) is 58.2 Å². The Morgan fingerprint density at radius 1 is 1.00 bits per heavy atom. The van der Waals surface area contributed by atoms with Crippen molar-refractivity contribution in [3.63, 3.8) is 0 Å². The van der Waals surface area contributed by atoms with Gasteiger partial charge in [0.25, 0.3) is 0 Å². The summed E-state index contributed by atoms with van der Waals surface area (Å²) in [5.74, 6) is 1.72. The van der Waals surface area contributed by atoms with Crippen LogP contribution in [0.15, 0.2) is 24.3 Å². The van der Waals surface area contributed by atoms with Crippen LogP contribution in [0.5, 0.6) is 5.75 Å². The Bertz CT molecular complexity index is 398. The molecule has 1 aromatic carbocycles. The van der Waals surface area contributed by atoms with Crippen molar-refractivity contribution in [3.05, 3.63) is 29.8 Å². The van der Waals surface area contributed by atoms with Crippen LogP contribution in [-0.2, 0) is 0 Å². The first-order valence-corrected chi connectivity index (χ1v) is 8.05. The fourth-order valence-corrected chi connectivity index (χ4v) is 3.70. The van der Waals surface area contributed by atoms with Crippen LogP contribution in [0, 0.1) is 0 Å². The molecular formula is C18H28O. The molecule has 19 heavy (non-hydrogen) atoms. The number of rotatable bonds is 7. The molecule has 0 amide bonds. The molecule has 1 heterocycles. The zero-order valence-electron chi connectivity index (χ0n) is 12.7. The zero-order chi connectivity index (χ0) is 13.7. The van der Waals surface area contributed by atoms with E-state index in [4.69, 9.17) is 4.74 Å². The molecular weight excluding hydrogens is 232 g/mol. The van der Waals surface area contributed by atoms with Crippen LogP contribution >= 0.6 is 0 Å². The monoisotopic (exact) mass is 260 g/mol. The number of para-hydroxylation sites is 1. The number of benzene rings is 1. The van der Waals surface area contributed by atoms with E-state index in [0.717, 1.165) is 5.75 Å². The van der Waals surface area contributed by atoms with Crippen molar-refractivity contribution in [1.29, 1.82) is 0 Å². The number of ether oxygens (including phenoxy) is 1. The van der Waals surface area contributed by atoms with Gasteiger partial charge in [-0.25, -0.2) is 0 Å². The van der Waals surface area contributed by atoms with Crippen molar-refractivity contribution < 1.29 is 4.74 Å². The summed E-state index contributed by atoms with van der Waals surface area (Å²) in [7, 11) is 0. The molecule has 0 spiro atoms. The van der Waals surface area contributed by atoms with Gasteiger partial charge in [0.2, 0.25) is 0 Å². The van der Waals surface area contributed by atoms with Crippen LogP contribution in [-0.4, -0.2) is 5.60 Å². The standard InChI is InChI=1S/C18H28O/c1-4-7-10-14-18(13-5-2)16(6-3)15-11-8-9-12-17(15)19-18/h8-9,11-12,16H,4-7,10,13-14H2,1-3H3/t16-,18?/m1/s1. The second-order valence-electron chi connectivity index (χ2n) is 5.87. The van der Waals surface area contributed by atoms with E-state index in [1.165, 1.54) is 50.5 Å². The van der Waals surface area contributed by atoms with Crippen molar-refractivity contribution in [3.8, 4) is 5.75 Å². The molecule has 0 aliphatic carbocycles. The van der Waals surface area contributed by atoms with E-state index >= 15 is 0 Å². The predicted molar refractivity (Wildman–Crippen MR) is 81.9 cm³/mol. The Balaban J connectivity index is 2.23. The summed E-state index contributed by atoms with van der Waals surface area (Å²) in [5.41, 5.74) is 1.51. The lowest BCUT2D eigenvalue weighted by molar-refractivity contribution is 0.0441. The Morgan fingerprint density at radius 3 is 2.47 bits per heavy atom. The van der Waals surface area contributed by atoms with Gasteiger partial charge in [-0.3, -0.25) is 0 Å².